The van der Waals surface area contributed by atoms with Crippen molar-refractivity contribution in [3.05, 3.63) is 59.9 Å². The topological polar surface area (TPSA) is 72.7 Å². The highest BCUT2D eigenvalue weighted by molar-refractivity contribution is 5.90. The molecule has 0 unspecified atom stereocenters. The second kappa shape index (κ2) is 6.35. The van der Waals surface area contributed by atoms with Crippen molar-refractivity contribution < 1.29 is 9.18 Å². The lowest BCUT2D eigenvalue weighted by molar-refractivity contribution is -0.117. The molecule has 0 aliphatic rings. The Morgan fingerprint density at radius 1 is 1.22 bits per heavy atom. The van der Waals surface area contributed by atoms with Crippen LogP contribution in [-0.4, -0.2) is 26.1 Å². The summed E-state index contributed by atoms with van der Waals surface area (Å²) in [6.45, 7) is 1.84. The summed E-state index contributed by atoms with van der Waals surface area (Å²) in [7, 11) is 0. The molecule has 0 atom stereocenters. The number of carbonyl (C=O) groups excluding carboxylic acids is 1. The Morgan fingerprint density at radius 2 is 2.04 bits per heavy atom. The average Bonchev–Trinajstić information content (AvgIpc) is 2.95. The fraction of sp³-hybridized carbons (Fsp3) is 0.125. The van der Waals surface area contributed by atoms with Crippen LogP contribution >= 0.6 is 0 Å². The van der Waals surface area contributed by atoms with Gasteiger partial charge in [-0.15, -0.1) is 10.2 Å². The van der Waals surface area contributed by atoms with Crippen LogP contribution in [0.2, 0.25) is 0 Å². The zero-order valence-electron chi connectivity index (χ0n) is 12.4. The predicted molar refractivity (Wildman–Crippen MR) is 83.0 cm³/mol. The molecule has 1 aromatic heterocycles. The molecule has 0 bridgehead atoms. The number of rotatable bonds is 4. The molecule has 116 valence electrons. The largest absolute Gasteiger partial charge is 0.324 e. The van der Waals surface area contributed by atoms with Crippen molar-refractivity contribution in [2.24, 2.45) is 0 Å². The molecule has 0 spiro atoms. The molecule has 3 aromatic rings. The summed E-state index contributed by atoms with van der Waals surface area (Å²) in [6, 6.07) is 13.6. The summed E-state index contributed by atoms with van der Waals surface area (Å²) in [5.41, 5.74) is 1.99. The van der Waals surface area contributed by atoms with Gasteiger partial charge < -0.3 is 5.32 Å². The number of anilines is 1. The highest BCUT2D eigenvalue weighted by atomic mass is 19.1. The van der Waals surface area contributed by atoms with Gasteiger partial charge in [0.1, 0.15) is 12.4 Å². The Kier molecular flexibility index (Phi) is 4.09. The molecule has 2 aromatic carbocycles. The predicted octanol–water partition coefficient (Wildman–Crippen LogP) is 2.43. The Morgan fingerprint density at radius 3 is 2.83 bits per heavy atom. The molecule has 0 saturated carbocycles. The number of halogens is 1. The first-order chi connectivity index (χ1) is 11.1. The molecule has 0 radical (unpaired) electrons. The number of aromatic nitrogens is 4. The summed E-state index contributed by atoms with van der Waals surface area (Å²) in [5.74, 6) is -0.573. The van der Waals surface area contributed by atoms with E-state index in [0.29, 0.717) is 5.69 Å². The van der Waals surface area contributed by atoms with E-state index in [4.69, 9.17) is 0 Å². The van der Waals surface area contributed by atoms with Crippen LogP contribution in [0.25, 0.3) is 11.4 Å². The Labute approximate surface area is 132 Å². The van der Waals surface area contributed by atoms with Crippen molar-refractivity contribution >= 4 is 11.6 Å². The maximum atomic E-state index is 13.7. The standard InChI is InChI=1S/C16H14FN5O/c1-11-5-4-6-12(9-11)18-15(23)10-22-20-16(19-21-22)13-7-2-3-8-14(13)17/h2-9H,10H2,1H3,(H,18,23). The normalized spacial score (nSPS) is 10.5. The van der Waals surface area contributed by atoms with Gasteiger partial charge in [0, 0.05) is 5.69 Å². The summed E-state index contributed by atoms with van der Waals surface area (Å²) in [6.07, 6.45) is 0. The van der Waals surface area contributed by atoms with Crippen LogP contribution in [-0.2, 0) is 11.3 Å². The minimum Gasteiger partial charge on any atom is -0.324 e. The number of nitrogens with zero attached hydrogens (tertiary/aromatic N) is 4. The van der Waals surface area contributed by atoms with Gasteiger partial charge in [0.05, 0.1) is 5.56 Å². The molecule has 23 heavy (non-hydrogen) atoms. The van der Waals surface area contributed by atoms with Crippen LogP contribution in [0.5, 0.6) is 0 Å². The van der Waals surface area contributed by atoms with Gasteiger partial charge in [-0.2, -0.15) is 4.80 Å². The van der Waals surface area contributed by atoms with Gasteiger partial charge in [-0.3, -0.25) is 4.79 Å². The third-order valence-electron chi connectivity index (χ3n) is 3.15. The summed E-state index contributed by atoms with van der Waals surface area (Å²) in [4.78, 5) is 13.1. The van der Waals surface area contributed by atoms with Gasteiger partial charge in [-0.1, -0.05) is 24.3 Å². The molecule has 7 heteroatoms. The molecule has 0 saturated heterocycles. The number of aryl methyl sites for hydroxylation is 1. The Hall–Kier alpha value is -3.09. The zero-order valence-corrected chi connectivity index (χ0v) is 12.4. The quantitative estimate of drug-likeness (QED) is 0.803. The first kappa shape index (κ1) is 14.8. The van der Waals surface area contributed by atoms with Crippen molar-refractivity contribution in [3.8, 4) is 11.4 Å². The minimum atomic E-state index is -0.434. The van der Waals surface area contributed by atoms with E-state index < -0.39 is 5.82 Å². The lowest BCUT2D eigenvalue weighted by Crippen LogP contribution is -2.20. The maximum Gasteiger partial charge on any atom is 0.248 e. The molecule has 1 amide bonds. The molecule has 0 fully saturated rings. The van der Waals surface area contributed by atoms with E-state index in [1.165, 1.54) is 6.07 Å². The van der Waals surface area contributed by atoms with E-state index >= 15 is 0 Å². The molecule has 0 aliphatic carbocycles. The monoisotopic (exact) mass is 311 g/mol. The SMILES string of the molecule is Cc1cccc(NC(=O)Cn2nnc(-c3ccccc3F)n2)c1. The van der Waals surface area contributed by atoms with Crippen LogP contribution in [0.15, 0.2) is 48.5 Å². The van der Waals surface area contributed by atoms with Gasteiger partial charge in [0.2, 0.25) is 11.7 Å². The summed E-state index contributed by atoms with van der Waals surface area (Å²) in [5, 5.41) is 14.3. The molecule has 1 heterocycles. The maximum absolute atomic E-state index is 13.7. The van der Waals surface area contributed by atoms with Crippen LogP contribution in [0.3, 0.4) is 0 Å². The van der Waals surface area contributed by atoms with Crippen molar-refractivity contribution in [2.45, 2.75) is 13.5 Å². The van der Waals surface area contributed by atoms with Gasteiger partial charge in [0.25, 0.3) is 0 Å². The highest BCUT2D eigenvalue weighted by Crippen LogP contribution is 2.17. The highest BCUT2D eigenvalue weighted by Gasteiger charge is 2.12. The van der Waals surface area contributed by atoms with Crippen molar-refractivity contribution in [3.63, 3.8) is 0 Å². The fourth-order valence-electron chi connectivity index (χ4n) is 2.11. The van der Waals surface area contributed by atoms with Crippen molar-refractivity contribution in [1.82, 2.24) is 20.2 Å². The smallest absolute Gasteiger partial charge is 0.248 e. The number of nitrogens with one attached hydrogen (secondary N) is 1. The first-order valence-corrected chi connectivity index (χ1v) is 7.01. The van der Waals surface area contributed by atoms with Crippen LogP contribution in [0.4, 0.5) is 10.1 Å². The van der Waals surface area contributed by atoms with E-state index in [0.717, 1.165) is 10.4 Å². The van der Waals surface area contributed by atoms with Crippen molar-refractivity contribution in [1.29, 1.82) is 0 Å². The minimum absolute atomic E-state index is 0.102. The van der Waals surface area contributed by atoms with E-state index in [2.05, 4.69) is 20.7 Å². The molecular formula is C16H14FN5O. The van der Waals surface area contributed by atoms with E-state index in [-0.39, 0.29) is 23.8 Å². The Bertz CT molecular complexity index is 846. The number of benzene rings is 2. The van der Waals surface area contributed by atoms with Crippen LogP contribution in [0, 0.1) is 12.7 Å². The molecule has 6 nitrogen and oxygen atoms in total. The lowest BCUT2D eigenvalue weighted by atomic mass is 10.2. The van der Waals surface area contributed by atoms with Gasteiger partial charge in [0.15, 0.2) is 0 Å². The first-order valence-electron chi connectivity index (χ1n) is 7.01. The van der Waals surface area contributed by atoms with Crippen LogP contribution < -0.4 is 5.32 Å². The fourth-order valence-corrected chi connectivity index (χ4v) is 2.11. The van der Waals surface area contributed by atoms with Gasteiger partial charge in [-0.05, 0) is 42.0 Å². The summed E-state index contributed by atoms with van der Waals surface area (Å²) >= 11 is 0. The number of tetrazole rings is 1. The third kappa shape index (κ3) is 3.57. The number of carbonyl (C=O) groups is 1. The summed E-state index contributed by atoms with van der Waals surface area (Å²) < 4.78 is 13.7. The zero-order chi connectivity index (χ0) is 16.2. The van der Waals surface area contributed by atoms with E-state index in [1.54, 1.807) is 24.3 Å². The second-order valence-corrected chi connectivity index (χ2v) is 5.04. The number of amides is 1. The lowest BCUT2D eigenvalue weighted by Gasteiger charge is -2.04. The molecule has 1 N–H and O–H groups in total. The van der Waals surface area contributed by atoms with Crippen molar-refractivity contribution in [2.75, 3.05) is 5.32 Å². The average molecular weight is 311 g/mol. The van der Waals surface area contributed by atoms with E-state index in [1.807, 2.05) is 25.1 Å². The van der Waals surface area contributed by atoms with Crippen LogP contribution in [0.1, 0.15) is 5.56 Å². The molecule has 0 aliphatic heterocycles. The van der Waals surface area contributed by atoms with Gasteiger partial charge >= 0.3 is 0 Å². The van der Waals surface area contributed by atoms with Gasteiger partial charge in [-0.25, -0.2) is 4.39 Å². The Balaban J connectivity index is 1.69. The number of hydrogen-bond donors (Lipinski definition) is 1. The molecule has 3 rings (SSSR count). The number of hydrogen-bond acceptors (Lipinski definition) is 4. The second-order valence-electron chi connectivity index (χ2n) is 5.04. The van der Waals surface area contributed by atoms with E-state index in [9.17, 15) is 9.18 Å². The molecular weight excluding hydrogens is 297 g/mol. The third-order valence-corrected chi connectivity index (χ3v) is 3.15.